The van der Waals surface area contributed by atoms with E-state index < -0.39 is 23.6 Å². The molecule has 2 aromatic heterocycles. The van der Waals surface area contributed by atoms with Crippen LogP contribution in [0, 0.1) is 13.8 Å². The molecule has 7 nitrogen and oxygen atoms in total. The van der Waals surface area contributed by atoms with E-state index >= 15 is 0 Å². The minimum absolute atomic E-state index is 0.0379. The first-order valence-electron chi connectivity index (χ1n) is 10.1. The number of aryl methyl sites for hydroxylation is 2. The fourth-order valence-corrected chi connectivity index (χ4v) is 3.19. The molecule has 0 unspecified atom stereocenters. The average molecular weight is 460 g/mol. The first kappa shape index (κ1) is 23.8. The number of hydrogen-bond donors (Lipinski definition) is 2. The Morgan fingerprint density at radius 1 is 1.15 bits per heavy atom. The summed E-state index contributed by atoms with van der Waals surface area (Å²) >= 11 is 0. The average Bonchev–Trinajstić information content (AvgIpc) is 3.39. The Labute approximate surface area is 188 Å². The number of carbonyl (C=O) groups excluding carboxylic acids is 2. The van der Waals surface area contributed by atoms with Crippen molar-refractivity contribution in [1.29, 1.82) is 0 Å². The number of nitrogens with zero attached hydrogens (tertiary/aromatic N) is 2. The molecule has 0 bridgehead atoms. The summed E-state index contributed by atoms with van der Waals surface area (Å²) in [5.74, 6) is -0.397. The highest BCUT2D eigenvalue weighted by Crippen LogP contribution is 2.33. The summed E-state index contributed by atoms with van der Waals surface area (Å²) in [6.45, 7) is 3.26. The second-order valence-electron chi connectivity index (χ2n) is 7.34. The van der Waals surface area contributed by atoms with Crippen LogP contribution in [-0.4, -0.2) is 28.1 Å². The van der Waals surface area contributed by atoms with Crippen LogP contribution in [0.3, 0.4) is 0 Å². The van der Waals surface area contributed by atoms with E-state index in [1.165, 1.54) is 35.2 Å². The highest BCUT2D eigenvalue weighted by Gasteiger charge is 2.34. The van der Waals surface area contributed by atoms with Crippen LogP contribution in [0.15, 0.2) is 53.2 Å². The van der Waals surface area contributed by atoms with Gasteiger partial charge in [0, 0.05) is 31.3 Å². The van der Waals surface area contributed by atoms with Gasteiger partial charge in [0.2, 0.25) is 11.8 Å². The molecule has 0 aliphatic carbocycles. The number of halogens is 3. The molecule has 3 rings (SSSR count). The predicted octanol–water partition coefficient (Wildman–Crippen LogP) is 3.94. The van der Waals surface area contributed by atoms with Gasteiger partial charge in [-0.1, -0.05) is 6.07 Å². The minimum Gasteiger partial charge on any atom is -0.465 e. The number of aromatic nitrogens is 2. The van der Waals surface area contributed by atoms with Crippen LogP contribution < -0.4 is 10.6 Å². The first-order chi connectivity index (χ1) is 15.6. The zero-order valence-electron chi connectivity index (χ0n) is 18.1. The van der Waals surface area contributed by atoms with Gasteiger partial charge in [0.05, 0.1) is 23.2 Å². The van der Waals surface area contributed by atoms with Crippen molar-refractivity contribution in [3.8, 4) is 5.69 Å². The van der Waals surface area contributed by atoms with Gasteiger partial charge in [0.1, 0.15) is 5.76 Å². The van der Waals surface area contributed by atoms with E-state index in [4.69, 9.17) is 4.42 Å². The van der Waals surface area contributed by atoms with Crippen molar-refractivity contribution in [2.75, 3.05) is 6.54 Å². The van der Waals surface area contributed by atoms with E-state index in [1.807, 2.05) is 0 Å². The molecule has 1 aromatic carbocycles. The summed E-state index contributed by atoms with van der Waals surface area (Å²) in [5.41, 5.74) is 0.785. The number of nitrogens with one attached hydrogen (secondary N) is 2. The third kappa shape index (κ3) is 6.58. The molecular formula is C23H23F3N4O3. The molecule has 2 amide bonds. The molecule has 174 valence electrons. The Morgan fingerprint density at radius 2 is 1.94 bits per heavy atom. The molecule has 0 saturated carbocycles. The summed E-state index contributed by atoms with van der Waals surface area (Å²) < 4.78 is 47.4. The lowest BCUT2D eigenvalue weighted by atomic mass is 10.1. The van der Waals surface area contributed by atoms with Gasteiger partial charge in [-0.2, -0.15) is 18.3 Å². The predicted molar refractivity (Wildman–Crippen MR) is 115 cm³/mol. The smallest absolute Gasteiger partial charge is 0.416 e. The van der Waals surface area contributed by atoms with Crippen LogP contribution in [0.4, 0.5) is 13.2 Å². The molecule has 10 heteroatoms. The monoisotopic (exact) mass is 460 g/mol. The quantitative estimate of drug-likeness (QED) is 0.499. The normalized spacial score (nSPS) is 11.7. The van der Waals surface area contributed by atoms with Gasteiger partial charge >= 0.3 is 6.18 Å². The van der Waals surface area contributed by atoms with Gasteiger partial charge in [-0.05, 0) is 55.8 Å². The highest BCUT2D eigenvalue weighted by molar-refractivity contribution is 5.91. The summed E-state index contributed by atoms with van der Waals surface area (Å²) in [5, 5.41) is 9.21. The van der Waals surface area contributed by atoms with Gasteiger partial charge in [-0.3, -0.25) is 9.59 Å². The van der Waals surface area contributed by atoms with Gasteiger partial charge < -0.3 is 15.1 Å². The zero-order chi connectivity index (χ0) is 24.0. The SMILES string of the molecule is Cc1cc(C)n(-c2ccc(CNC(=O)CCNC(=O)/C=C/c3ccco3)c(C(F)(F)F)c2)n1. The molecule has 0 aliphatic rings. The molecule has 2 N–H and O–H groups in total. The standard InChI is InChI=1S/C23H23F3N4O3/c1-15-12-16(2)30(29-15)18-6-5-17(20(13-18)23(24,25)26)14-28-22(32)9-10-27-21(31)8-7-19-4-3-11-33-19/h3-8,11-13H,9-10,14H2,1-2H3,(H,27,31)(H,28,32)/b8-7+. The Morgan fingerprint density at radius 3 is 2.58 bits per heavy atom. The van der Waals surface area contributed by atoms with Crippen molar-refractivity contribution in [3.05, 3.63) is 77.0 Å². The van der Waals surface area contributed by atoms with Crippen LogP contribution in [0.25, 0.3) is 11.8 Å². The van der Waals surface area contributed by atoms with Crippen molar-refractivity contribution in [2.24, 2.45) is 0 Å². The maximum atomic E-state index is 13.6. The zero-order valence-corrected chi connectivity index (χ0v) is 18.1. The lowest BCUT2D eigenvalue weighted by molar-refractivity contribution is -0.138. The number of rotatable bonds is 8. The van der Waals surface area contributed by atoms with Crippen molar-refractivity contribution in [3.63, 3.8) is 0 Å². The third-order valence-electron chi connectivity index (χ3n) is 4.72. The number of hydrogen-bond acceptors (Lipinski definition) is 4. The minimum atomic E-state index is -4.60. The molecule has 2 heterocycles. The molecule has 0 aliphatic heterocycles. The van der Waals surface area contributed by atoms with E-state index in [1.54, 1.807) is 32.0 Å². The van der Waals surface area contributed by atoms with Crippen molar-refractivity contribution in [1.82, 2.24) is 20.4 Å². The van der Waals surface area contributed by atoms with Gasteiger partial charge in [0.15, 0.2) is 0 Å². The van der Waals surface area contributed by atoms with Crippen molar-refractivity contribution >= 4 is 17.9 Å². The Balaban J connectivity index is 1.57. The van der Waals surface area contributed by atoms with Crippen molar-refractivity contribution < 1.29 is 27.2 Å². The molecule has 0 spiro atoms. The van der Waals surface area contributed by atoms with E-state index in [9.17, 15) is 22.8 Å². The molecular weight excluding hydrogens is 437 g/mol. The molecule has 0 atom stereocenters. The van der Waals surface area contributed by atoms with Crippen LogP contribution in [-0.2, 0) is 22.3 Å². The number of alkyl halides is 3. The Bertz CT molecular complexity index is 1150. The largest absolute Gasteiger partial charge is 0.465 e. The summed E-state index contributed by atoms with van der Waals surface area (Å²) in [7, 11) is 0. The molecule has 3 aromatic rings. The van der Waals surface area contributed by atoms with E-state index in [2.05, 4.69) is 15.7 Å². The van der Waals surface area contributed by atoms with Gasteiger partial charge in [-0.25, -0.2) is 4.68 Å². The van der Waals surface area contributed by atoms with Crippen LogP contribution in [0.5, 0.6) is 0 Å². The second-order valence-corrected chi connectivity index (χ2v) is 7.34. The summed E-state index contributed by atoms with van der Waals surface area (Å²) in [6.07, 6.45) is -0.467. The lowest BCUT2D eigenvalue weighted by Gasteiger charge is -2.16. The summed E-state index contributed by atoms with van der Waals surface area (Å²) in [6, 6.07) is 9.01. The Hall–Kier alpha value is -3.82. The molecule has 0 fully saturated rings. The fourth-order valence-electron chi connectivity index (χ4n) is 3.19. The number of furan rings is 1. The Kier molecular flexibility index (Phi) is 7.37. The maximum absolute atomic E-state index is 13.6. The maximum Gasteiger partial charge on any atom is 0.416 e. The van der Waals surface area contributed by atoms with Gasteiger partial charge in [-0.15, -0.1) is 0 Å². The highest BCUT2D eigenvalue weighted by atomic mass is 19.4. The number of amides is 2. The number of carbonyl (C=O) groups is 2. The second kappa shape index (κ2) is 10.2. The van der Waals surface area contributed by atoms with Crippen molar-refractivity contribution in [2.45, 2.75) is 33.0 Å². The van der Waals surface area contributed by atoms with Gasteiger partial charge in [0.25, 0.3) is 0 Å². The topological polar surface area (TPSA) is 89.2 Å². The van der Waals surface area contributed by atoms with Crippen LogP contribution in [0.1, 0.15) is 34.7 Å². The lowest BCUT2D eigenvalue weighted by Crippen LogP contribution is -2.30. The summed E-state index contributed by atoms with van der Waals surface area (Å²) in [4.78, 5) is 23.8. The third-order valence-corrected chi connectivity index (χ3v) is 4.72. The van der Waals surface area contributed by atoms with Crippen LogP contribution in [0.2, 0.25) is 0 Å². The van der Waals surface area contributed by atoms with E-state index in [-0.39, 0.29) is 30.8 Å². The fraction of sp³-hybridized carbons (Fsp3) is 0.261. The molecule has 0 saturated heterocycles. The van der Waals surface area contributed by atoms with E-state index in [0.29, 0.717) is 17.1 Å². The van der Waals surface area contributed by atoms with Crippen LogP contribution >= 0.6 is 0 Å². The molecule has 0 radical (unpaired) electrons. The first-order valence-corrected chi connectivity index (χ1v) is 10.1. The molecule has 33 heavy (non-hydrogen) atoms. The number of benzene rings is 1. The van der Waals surface area contributed by atoms with E-state index in [0.717, 1.165) is 6.07 Å².